The number of benzene rings is 3. The molecule has 0 heterocycles. The molecule has 0 saturated heterocycles. The van der Waals surface area contributed by atoms with Crippen molar-refractivity contribution in [2.75, 3.05) is 5.32 Å². The lowest BCUT2D eigenvalue weighted by atomic mass is 10.2. The second kappa shape index (κ2) is 9.10. The van der Waals surface area contributed by atoms with E-state index in [0.717, 1.165) is 5.75 Å². The van der Waals surface area contributed by atoms with Crippen LogP contribution in [0.4, 0.5) is 5.69 Å². The monoisotopic (exact) mass is 381 g/mol. The number of carbonyl (C=O) groups excluding carboxylic acids is 1. The first kappa shape index (κ1) is 18.8. The molecule has 0 aromatic heterocycles. The number of hydrogen-bond acceptors (Lipinski definition) is 3. The first-order valence-electron chi connectivity index (χ1n) is 8.70. The largest absolute Gasteiger partial charge is 0.481 e. The Morgan fingerprint density at radius 3 is 2.11 bits per heavy atom. The van der Waals surface area contributed by atoms with Gasteiger partial charge in [-0.3, -0.25) is 4.79 Å². The highest BCUT2D eigenvalue weighted by Crippen LogP contribution is 2.23. The zero-order valence-corrected chi connectivity index (χ0v) is 15.6. The van der Waals surface area contributed by atoms with Crippen LogP contribution in [0.5, 0.6) is 17.2 Å². The van der Waals surface area contributed by atoms with Crippen LogP contribution >= 0.6 is 11.6 Å². The molecule has 1 amide bonds. The van der Waals surface area contributed by atoms with Gasteiger partial charge < -0.3 is 14.8 Å². The molecule has 0 unspecified atom stereocenters. The molecule has 0 aliphatic rings. The van der Waals surface area contributed by atoms with Gasteiger partial charge in [-0.05, 0) is 67.1 Å². The van der Waals surface area contributed by atoms with Crippen LogP contribution in [0.15, 0.2) is 78.9 Å². The van der Waals surface area contributed by atoms with E-state index in [4.69, 9.17) is 21.1 Å². The highest BCUT2D eigenvalue weighted by Gasteiger charge is 2.18. The summed E-state index contributed by atoms with van der Waals surface area (Å²) in [7, 11) is 0. The van der Waals surface area contributed by atoms with Crippen LogP contribution in [0.1, 0.15) is 13.3 Å². The molecule has 3 aromatic rings. The fraction of sp³-hybridized carbons (Fsp3) is 0.136. The molecule has 1 N–H and O–H groups in total. The molecule has 0 aliphatic heterocycles. The lowest BCUT2D eigenvalue weighted by Crippen LogP contribution is -2.32. The van der Waals surface area contributed by atoms with Crippen molar-refractivity contribution in [3.8, 4) is 17.2 Å². The van der Waals surface area contributed by atoms with Gasteiger partial charge in [0, 0.05) is 10.7 Å². The van der Waals surface area contributed by atoms with Crippen LogP contribution < -0.4 is 14.8 Å². The number of nitrogens with one attached hydrogen (secondary N) is 1. The van der Waals surface area contributed by atoms with Gasteiger partial charge in [0.1, 0.15) is 17.2 Å². The first-order chi connectivity index (χ1) is 13.1. The summed E-state index contributed by atoms with van der Waals surface area (Å²) in [6, 6.07) is 23.7. The zero-order chi connectivity index (χ0) is 19.1. The van der Waals surface area contributed by atoms with Gasteiger partial charge >= 0.3 is 0 Å². The topological polar surface area (TPSA) is 47.6 Å². The van der Waals surface area contributed by atoms with Crippen molar-refractivity contribution in [1.82, 2.24) is 0 Å². The molecule has 3 rings (SSSR count). The SMILES string of the molecule is CC[C@H](Oc1ccc(Cl)cc1)C(=O)Nc1ccc(Oc2ccccc2)cc1. The Kier molecular flexibility index (Phi) is 6.34. The van der Waals surface area contributed by atoms with Crippen molar-refractivity contribution in [2.45, 2.75) is 19.4 Å². The third-order valence-electron chi connectivity index (χ3n) is 3.86. The maximum absolute atomic E-state index is 12.5. The van der Waals surface area contributed by atoms with Crippen LogP contribution in [0.25, 0.3) is 0 Å². The summed E-state index contributed by atoms with van der Waals surface area (Å²) < 4.78 is 11.5. The van der Waals surface area contributed by atoms with Crippen molar-refractivity contribution < 1.29 is 14.3 Å². The standard InChI is InChI=1S/C22H20ClNO3/c1-2-21(27-20-12-8-16(23)9-13-20)22(25)24-17-10-14-19(15-11-17)26-18-6-4-3-5-7-18/h3-15,21H,2H2,1H3,(H,24,25)/t21-/m0/s1. The summed E-state index contributed by atoms with van der Waals surface area (Å²) in [6.45, 7) is 1.90. The molecule has 4 nitrogen and oxygen atoms in total. The van der Waals surface area contributed by atoms with Gasteiger partial charge in [-0.2, -0.15) is 0 Å². The molecule has 1 atom stereocenters. The number of halogens is 1. The van der Waals surface area contributed by atoms with Crippen LogP contribution in [0.3, 0.4) is 0 Å². The molecule has 0 radical (unpaired) electrons. The highest BCUT2D eigenvalue weighted by molar-refractivity contribution is 6.30. The Morgan fingerprint density at radius 2 is 1.48 bits per heavy atom. The van der Waals surface area contributed by atoms with E-state index in [9.17, 15) is 4.79 Å². The molecule has 5 heteroatoms. The van der Waals surface area contributed by atoms with E-state index in [0.29, 0.717) is 28.6 Å². The van der Waals surface area contributed by atoms with E-state index in [-0.39, 0.29) is 5.91 Å². The van der Waals surface area contributed by atoms with Crippen molar-refractivity contribution >= 4 is 23.2 Å². The number of carbonyl (C=O) groups is 1. The maximum Gasteiger partial charge on any atom is 0.265 e. The van der Waals surface area contributed by atoms with Crippen molar-refractivity contribution in [3.05, 3.63) is 83.9 Å². The summed E-state index contributed by atoms with van der Waals surface area (Å²) in [5.74, 6) is 1.86. The predicted octanol–water partition coefficient (Wildman–Crippen LogP) is 5.93. The van der Waals surface area contributed by atoms with Gasteiger partial charge in [0.05, 0.1) is 0 Å². The van der Waals surface area contributed by atoms with E-state index in [1.807, 2.05) is 49.4 Å². The first-order valence-corrected chi connectivity index (χ1v) is 9.08. The predicted molar refractivity (Wildman–Crippen MR) is 108 cm³/mol. The van der Waals surface area contributed by atoms with Crippen LogP contribution in [0.2, 0.25) is 5.02 Å². The molecule has 138 valence electrons. The molecular formula is C22H20ClNO3. The number of para-hydroxylation sites is 1. The smallest absolute Gasteiger partial charge is 0.265 e. The van der Waals surface area contributed by atoms with Crippen molar-refractivity contribution in [2.24, 2.45) is 0 Å². The minimum absolute atomic E-state index is 0.204. The molecule has 27 heavy (non-hydrogen) atoms. The Labute approximate surface area is 163 Å². The lowest BCUT2D eigenvalue weighted by Gasteiger charge is -2.17. The lowest BCUT2D eigenvalue weighted by molar-refractivity contribution is -0.122. The summed E-state index contributed by atoms with van der Waals surface area (Å²) in [4.78, 5) is 12.5. The number of anilines is 1. The Bertz CT molecular complexity index is 864. The summed E-state index contributed by atoms with van der Waals surface area (Å²) >= 11 is 5.87. The third kappa shape index (κ3) is 5.50. The second-order valence-corrected chi connectivity index (χ2v) is 6.33. The zero-order valence-electron chi connectivity index (χ0n) is 14.9. The van der Waals surface area contributed by atoms with Crippen molar-refractivity contribution in [3.63, 3.8) is 0 Å². The fourth-order valence-electron chi connectivity index (χ4n) is 2.45. The Morgan fingerprint density at radius 1 is 0.889 bits per heavy atom. The summed E-state index contributed by atoms with van der Waals surface area (Å²) in [5.41, 5.74) is 0.679. The number of ether oxygens (including phenoxy) is 2. The van der Waals surface area contributed by atoms with E-state index in [1.54, 1.807) is 36.4 Å². The second-order valence-electron chi connectivity index (χ2n) is 5.90. The highest BCUT2D eigenvalue weighted by atomic mass is 35.5. The fourth-order valence-corrected chi connectivity index (χ4v) is 2.58. The molecule has 0 aliphatic carbocycles. The van der Waals surface area contributed by atoms with Crippen LogP contribution in [-0.4, -0.2) is 12.0 Å². The minimum atomic E-state index is -0.591. The quantitative estimate of drug-likeness (QED) is 0.551. The van der Waals surface area contributed by atoms with Gasteiger partial charge in [0.25, 0.3) is 5.91 Å². The summed E-state index contributed by atoms with van der Waals surface area (Å²) in [5, 5.41) is 3.49. The third-order valence-corrected chi connectivity index (χ3v) is 4.11. The van der Waals surface area contributed by atoms with E-state index >= 15 is 0 Å². The number of hydrogen-bond donors (Lipinski definition) is 1. The Balaban J connectivity index is 1.59. The van der Waals surface area contributed by atoms with Gasteiger partial charge in [0.2, 0.25) is 0 Å². The van der Waals surface area contributed by atoms with Gasteiger partial charge in [-0.1, -0.05) is 36.7 Å². The molecule has 0 bridgehead atoms. The average Bonchev–Trinajstić information content (AvgIpc) is 2.70. The molecular weight excluding hydrogens is 362 g/mol. The van der Waals surface area contributed by atoms with Gasteiger partial charge in [0.15, 0.2) is 6.10 Å². The summed E-state index contributed by atoms with van der Waals surface area (Å²) in [6.07, 6.45) is -0.0460. The van der Waals surface area contributed by atoms with Gasteiger partial charge in [-0.25, -0.2) is 0 Å². The van der Waals surface area contributed by atoms with E-state index < -0.39 is 6.10 Å². The van der Waals surface area contributed by atoms with Gasteiger partial charge in [-0.15, -0.1) is 0 Å². The maximum atomic E-state index is 12.5. The minimum Gasteiger partial charge on any atom is -0.481 e. The molecule has 3 aromatic carbocycles. The molecule has 0 spiro atoms. The van der Waals surface area contributed by atoms with Crippen molar-refractivity contribution in [1.29, 1.82) is 0 Å². The molecule has 0 saturated carbocycles. The molecule has 0 fully saturated rings. The van der Waals surface area contributed by atoms with E-state index in [1.165, 1.54) is 0 Å². The van der Waals surface area contributed by atoms with E-state index in [2.05, 4.69) is 5.32 Å². The van der Waals surface area contributed by atoms with Crippen LogP contribution in [0, 0.1) is 0 Å². The average molecular weight is 382 g/mol. The number of amides is 1. The number of rotatable bonds is 7. The normalized spacial score (nSPS) is 11.5. The van der Waals surface area contributed by atoms with Crippen LogP contribution in [-0.2, 0) is 4.79 Å². The Hall–Kier alpha value is -2.98.